The highest BCUT2D eigenvalue weighted by molar-refractivity contribution is 5.85. The van der Waals surface area contributed by atoms with E-state index < -0.39 is 0 Å². The first-order chi connectivity index (χ1) is 8.72. The van der Waals surface area contributed by atoms with Crippen molar-refractivity contribution in [2.24, 2.45) is 5.73 Å². The van der Waals surface area contributed by atoms with Crippen LogP contribution in [0.3, 0.4) is 0 Å². The van der Waals surface area contributed by atoms with Crippen LogP contribution < -0.4 is 11.1 Å². The van der Waals surface area contributed by atoms with Crippen molar-refractivity contribution in [2.45, 2.75) is 38.6 Å². The highest BCUT2D eigenvalue weighted by atomic mass is 35.5. The SMILES string of the molecule is Cl.NCCCCCCC(=O)NCc1ccc(F)cc1. The van der Waals surface area contributed by atoms with Crippen LogP contribution in [0.1, 0.15) is 37.7 Å². The molecule has 1 amide bonds. The van der Waals surface area contributed by atoms with Crippen molar-refractivity contribution in [3.63, 3.8) is 0 Å². The molecule has 108 valence electrons. The Kier molecular flexibility index (Phi) is 10.1. The van der Waals surface area contributed by atoms with E-state index in [0.717, 1.165) is 37.8 Å². The van der Waals surface area contributed by atoms with Gasteiger partial charge < -0.3 is 11.1 Å². The number of hydrogen-bond acceptors (Lipinski definition) is 2. The lowest BCUT2D eigenvalue weighted by Gasteiger charge is -2.05. The number of nitrogens with one attached hydrogen (secondary N) is 1. The van der Waals surface area contributed by atoms with Gasteiger partial charge in [0.25, 0.3) is 0 Å². The molecule has 0 fully saturated rings. The predicted molar refractivity (Wildman–Crippen MR) is 77.6 cm³/mol. The van der Waals surface area contributed by atoms with Crippen LogP contribution >= 0.6 is 12.4 Å². The van der Waals surface area contributed by atoms with Gasteiger partial charge in [-0.1, -0.05) is 25.0 Å². The van der Waals surface area contributed by atoms with Gasteiger partial charge in [0, 0.05) is 13.0 Å². The molecule has 19 heavy (non-hydrogen) atoms. The van der Waals surface area contributed by atoms with E-state index in [4.69, 9.17) is 5.73 Å². The number of halogens is 2. The van der Waals surface area contributed by atoms with Gasteiger partial charge in [0.15, 0.2) is 0 Å². The normalized spacial score (nSPS) is 9.79. The van der Waals surface area contributed by atoms with Crippen LogP contribution in [0.5, 0.6) is 0 Å². The van der Waals surface area contributed by atoms with Crippen molar-refractivity contribution >= 4 is 18.3 Å². The van der Waals surface area contributed by atoms with E-state index >= 15 is 0 Å². The quantitative estimate of drug-likeness (QED) is 0.723. The van der Waals surface area contributed by atoms with Gasteiger partial charge in [-0.3, -0.25) is 4.79 Å². The molecule has 0 radical (unpaired) electrons. The molecule has 3 nitrogen and oxygen atoms in total. The van der Waals surface area contributed by atoms with Crippen LogP contribution in [0, 0.1) is 5.82 Å². The third-order valence-electron chi connectivity index (χ3n) is 2.76. The fraction of sp³-hybridized carbons (Fsp3) is 0.500. The molecular formula is C14H22ClFN2O. The zero-order valence-corrected chi connectivity index (χ0v) is 11.8. The lowest BCUT2D eigenvalue weighted by Crippen LogP contribution is -2.22. The van der Waals surface area contributed by atoms with E-state index in [2.05, 4.69) is 5.32 Å². The maximum Gasteiger partial charge on any atom is 0.220 e. The second-order valence-electron chi connectivity index (χ2n) is 4.36. The molecule has 5 heteroatoms. The van der Waals surface area contributed by atoms with Crippen molar-refractivity contribution in [2.75, 3.05) is 6.54 Å². The number of hydrogen-bond donors (Lipinski definition) is 2. The minimum Gasteiger partial charge on any atom is -0.352 e. The summed E-state index contributed by atoms with van der Waals surface area (Å²) in [6, 6.07) is 6.15. The van der Waals surface area contributed by atoms with Gasteiger partial charge in [-0.2, -0.15) is 0 Å². The van der Waals surface area contributed by atoms with Gasteiger partial charge in [0.2, 0.25) is 5.91 Å². The minimum atomic E-state index is -0.259. The Morgan fingerprint density at radius 3 is 2.37 bits per heavy atom. The summed E-state index contributed by atoms with van der Waals surface area (Å²) in [5.74, 6) is -0.211. The van der Waals surface area contributed by atoms with Crippen LogP contribution in [-0.4, -0.2) is 12.5 Å². The largest absolute Gasteiger partial charge is 0.352 e. The molecule has 0 unspecified atom stereocenters. The summed E-state index contributed by atoms with van der Waals surface area (Å²) in [4.78, 5) is 11.5. The smallest absolute Gasteiger partial charge is 0.220 e. The first-order valence-corrected chi connectivity index (χ1v) is 6.43. The molecule has 0 aliphatic heterocycles. The lowest BCUT2D eigenvalue weighted by molar-refractivity contribution is -0.121. The van der Waals surface area contributed by atoms with Gasteiger partial charge >= 0.3 is 0 Å². The summed E-state index contributed by atoms with van der Waals surface area (Å²) in [5.41, 5.74) is 6.30. The average molecular weight is 289 g/mol. The van der Waals surface area contributed by atoms with Crippen molar-refractivity contribution < 1.29 is 9.18 Å². The Labute approximate surface area is 120 Å². The van der Waals surface area contributed by atoms with E-state index in [0.29, 0.717) is 13.0 Å². The Balaban J connectivity index is 0.00000324. The zero-order chi connectivity index (χ0) is 13.2. The van der Waals surface area contributed by atoms with Crippen molar-refractivity contribution in [3.8, 4) is 0 Å². The second kappa shape index (κ2) is 10.8. The van der Waals surface area contributed by atoms with Gasteiger partial charge in [-0.15, -0.1) is 12.4 Å². The molecule has 0 aliphatic carbocycles. The molecule has 0 heterocycles. The van der Waals surface area contributed by atoms with Crippen LogP contribution in [0.4, 0.5) is 4.39 Å². The van der Waals surface area contributed by atoms with Gasteiger partial charge in [0.05, 0.1) is 0 Å². The van der Waals surface area contributed by atoms with Gasteiger partial charge in [-0.05, 0) is 37.1 Å². The van der Waals surface area contributed by atoms with E-state index in [1.807, 2.05) is 0 Å². The number of benzene rings is 1. The van der Waals surface area contributed by atoms with E-state index in [1.54, 1.807) is 12.1 Å². The standard InChI is InChI=1S/C14H21FN2O.ClH/c15-13-8-6-12(7-9-13)11-17-14(18)5-3-1-2-4-10-16;/h6-9H,1-5,10-11,16H2,(H,17,18);1H. The molecule has 3 N–H and O–H groups in total. The number of carbonyl (C=O) groups is 1. The Morgan fingerprint density at radius 2 is 1.74 bits per heavy atom. The minimum absolute atomic E-state index is 0. The molecule has 0 saturated carbocycles. The summed E-state index contributed by atoms with van der Waals surface area (Å²) in [5, 5.41) is 2.82. The lowest BCUT2D eigenvalue weighted by atomic mass is 10.1. The third-order valence-corrected chi connectivity index (χ3v) is 2.76. The van der Waals surface area contributed by atoms with E-state index in [1.165, 1.54) is 12.1 Å². The molecular weight excluding hydrogens is 267 g/mol. The first kappa shape index (κ1) is 17.9. The molecule has 0 saturated heterocycles. The molecule has 0 bridgehead atoms. The first-order valence-electron chi connectivity index (χ1n) is 6.43. The topological polar surface area (TPSA) is 55.1 Å². The number of rotatable bonds is 8. The molecule has 1 rings (SSSR count). The molecule has 1 aromatic carbocycles. The predicted octanol–water partition coefficient (Wildman–Crippen LogP) is 2.77. The van der Waals surface area contributed by atoms with Crippen molar-refractivity contribution in [1.29, 1.82) is 0 Å². The number of carbonyl (C=O) groups excluding carboxylic acids is 1. The van der Waals surface area contributed by atoms with E-state index in [-0.39, 0.29) is 24.1 Å². The van der Waals surface area contributed by atoms with Crippen molar-refractivity contribution in [3.05, 3.63) is 35.6 Å². The van der Waals surface area contributed by atoms with Gasteiger partial charge in [0.1, 0.15) is 5.82 Å². The van der Waals surface area contributed by atoms with E-state index in [9.17, 15) is 9.18 Å². The summed E-state index contributed by atoms with van der Waals surface area (Å²) in [6.07, 6.45) is 4.60. The summed E-state index contributed by atoms with van der Waals surface area (Å²) < 4.78 is 12.7. The van der Waals surface area contributed by atoms with Gasteiger partial charge in [-0.25, -0.2) is 4.39 Å². The number of amides is 1. The molecule has 0 atom stereocenters. The molecule has 0 aliphatic rings. The third kappa shape index (κ3) is 8.56. The summed E-state index contributed by atoms with van der Waals surface area (Å²) >= 11 is 0. The fourth-order valence-electron chi connectivity index (χ4n) is 1.67. The highest BCUT2D eigenvalue weighted by Crippen LogP contribution is 2.04. The summed E-state index contributed by atoms with van der Waals surface area (Å²) in [6.45, 7) is 1.18. The molecule has 0 spiro atoms. The Bertz CT molecular complexity index is 357. The second-order valence-corrected chi connectivity index (χ2v) is 4.36. The number of nitrogens with two attached hydrogens (primary N) is 1. The van der Waals surface area contributed by atoms with Crippen LogP contribution in [0.2, 0.25) is 0 Å². The summed E-state index contributed by atoms with van der Waals surface area (Å²) in [7, 11) is 0. The maximum atomic E-state index is 12.7. The molecule has 1 aromatic rings. The monoisotopic (exact) mass is 288 g/mol. The van der Waals surface area contributed by atoms with Crippen LogP contribution in [0.15, 0.2) is 24.3 Å². The zero-order valence-electron chi connectivity index (χ0n) is 11.0. The Morgan fingerprint density at radius 1 is 1.11 bits per heavy atom. The maximum absolute atomic E-state index is 12.7. The Hall–Kier alpha value is -1.13. The molecule has 0 aromatic heterocycles. The number of unbranched alkanes of at least 4 members (excludes halogenated alkanes) is 3. The fourth-order valence-corrected chi connectivity index (χ4v) is 1.67. The van der Waals surface area contributed by atoms with Crippen LogP contribution in [-0.2, 0) is 11.3 Å². The van der Waals surface area contributed by atoms with Crippen LogP contribution in [0.25, 0.3) is 0 Å². The average Bonchev–Trinajstić information content (AvgIpc) is 2.38. The highest BCUT2D eigenvalue weighted by Gasteiger charge is 2.01. The van der Waals surface area contributed by atoms with Crippen molar-refractivity contribution in [1.82, 2.24) is 5.32 Å².